The van der Waals surface area contributed by atoms with E-state index in [0.717, 1.165) is 42.7 Å². The first-order valence-electron chi connectivity index (χ1n) is 6.67. The second-order valence-corrected chi connectivity index (χ2v) is 4.57. The van der Waals surface area contributed by atoms with Crippen LogP contribution in [0.15, 0.2) is 30.5 Å². The van der Waals surface area contributed by atoms with E-state index < -0.39 is 0 Å². The number of nitrogens with one attached hydrogen (secondary N) is 1. The largest absolute Gasteiger partial charge is 0.495 e. The van der Waals surface area contributed by atoms with Gasteiger partial charge in [0.15, 0.2) is 0 Å². The van der Waals surface area contributed by atoms with Gasteiger partial charge in [-0.2, -0.15) is 0 Å². The van der Waals surface area contributed by atoms with Crippen LogP contribution in [0.2, 0.25) is 0 Å². The van der Waals surface area contributed by atoms with Gasteiger partial charge in [-0.25, -0.2) is 4.98 Å². The normalized spacial score (nSPS) is 10.6. The number of nitrogens with zero attached hydrogens (tertiary/aromatic N) is 2. The van der Waals surface area contributed by atoms with E-state index in [4.69, 9.17) is 9.47 Å². The molecule has 1 heterocycles. The van der Waals surface area contributed by atoms with Crippen molar-refractivity contribution in [2.45, 2.75) is 19.9 Å². The lowest BCUT2D eigenvalue weighted by molar-refractivity contribution is 0.190. The molecule has 0 aliphatic heterocycles. The fraction of sp³-hybridized carbons (Fsp3) is 0.400. The summed E-state index contributed by atoms with van der Waals surface area (Å²) in [7, 11) is 3.38. The molecule has 2 rings (SSSR count). The Morgan fingerprint density at radius 3 is 2.80 bits per heavy atom. The van der Waals surface area contributed by atoms with E-state index in [1.807, 2.05) is 37.4 Å². The van der Waals surface area contributed by atoms with E-state index >= 15 is 0 Å². The summed E-state index contributed by atoms with van der Waals surface area (Å²) in [6.45, 7) is 3.59. The second kappa shape index (κ2) is 6.96. The summed E-state index contributed by atoms with van der Waals surface area (Å²) in [6, 6.07) is 7.81. The minimum absolute atomic E-state index is 0.741. The lowest BCUT2D eigenvalue weighted by Gasteiger charge is -2.12. The predicted octanol–water partition coefficient (Wildman–Crippen LogP) is 2.98. The summed E-state index contributed by atoms with van der Waals surface area (Å²) in [5.74, 6) is 1.62. The molecule has 20 heavy (non-hydrogen) atoms. The summed E-state index contributed by atoms with van der Waals surface area (Å²) in [4.78, 5) is 4.52. The summed E-state index contributed by atoms with van der Waals surface area (Å²) < 4.78 is 12.5. The van der Waals surface area contributed by atoms with Crippen molar-refractivity contribution in [2.75, 3.05) is 26.1 Å². The first-order chi connectivity index (χ1) is 9.74. The van der Waals surface area contributed by atoms with Gasteiger partial charge in [0.2, 0.25) is 5.95 Å². The number of imidazole rings is 1. The van der Waals surface area contributed by atoms with Gasteiger partial charge in [-0.05, 0) is 25.5 Å². The minimum atomic E-state index is 0.741. The highest BCUT2D eigenvalue weighted by molar-refractivity contribution is 5.62. The number of hydrogen-bond acceptors (Lipinski definition) is 4. The molecule has 5 heteroatoms. The van der Waals surface area contributed by atoms with Crippen LogP contribution >= 0.6 is 0 Å². The molecule has 0 atom stereocenters. The number of ether oxygens (including phenoxy) is 2. The number of anilines is 2. The molecule has 0 spiro atoms. The smallest absolute Gasteiger partial charge is 0.207 e. The number of methoxy groups -OCH3 is 2. The van der Waals surface area contributed by atoms with E-state index in [2.05, 4.69) is 14.9 Å². The van der Waals surface area contributed by atoms with Gasteiger partial charge in [0.1, 0.15) is 5.75 Å². The standard InChI is InChI=1S/C15H21N3O2/c1-12-11-18(9-6-10-19-2)15(16-12)17-13-7-4-5-8-14(13)20-3/h4-5,7-8,11H,6,9-10H2,1-3H3,(H,16,17). The maximum Gasteiger partial charge on any atom is 0.207 e. The number of benzene rings is 1. The Balaban J connectivity index is 2.15. The van der Waals surface area contributed by atoms with Crippen LogP contribution in [0, 0.1) is 6.92 Å². The molecule has 0 amide bonds. The summed E-state index contributed by atoms with van der Waals surface area (Å²) in [6.07, 6.45) is 2.99. The molecule has 2 aromatic rings. The third kappa shape index (κ3) is 3.51. The van der Waals surface area contributed by atoms with Gasteiger partial charge in [0.05, 0.1) is 18.5 Å². The Bertz CT molecular complexity index is 552. The Morgan fingerprint density at radius 2 is 2.05 bits per heavy atom. The Morgan fingerprint density at radius 1 is 1.25 bits per heavy atom. The molecule has 1 aromatic carbocycles. The molecule has 0 aliphatic carbocycles. The van der Waals surface area contributed by atoms with Crippen molar-refractivity contribution in [1.82, 2.24) is 9.55 Å². The Labute approximate surface area is 119 Å². The van der Waals surface area contributed by atoms with Gasteiger partial charge < -0.3 is 19.4 Å². The van der Waals surface area contributed by atoms with Crippen LogP contribution < -0.4 is 10.1 Å². The number of aryl methyl sites for hydroxylation is 2. The van der Waals surface area contributed by atoms with Crippen molar-refractivity contribution in [3.63, 3.8) is 0 Å². The van der Waals surface area contributed by atoms with Crippen LogP contribution in [-0.4, -0.2) is 30.4 Å². The third-order valence-corrected chi connectivity index (χ3v) is 3.00. The second-order valence-electron chi connectivity index (χ2n) is 4.57. The zero-order valence-corrected chi connectivity index (χ0v) is 12.2. The van der Waals surface area contributed by atoms with Gasteiger partial charge in [-0.1, -0.05) is 12.1 Å². The van der Waals surface area contributed by atoms with Crippen LogP contribution in [0.5, 0.6) is 5.75 Å². The summed E-state index contributed by atoms with van der Waals surface area (Å²) in [5.41, 5.74) is 1.90. The molecular formula is C15H21N3O2. The van der Waals surface area contributed by atoms with Crippen molar-refractivity contribution >= 4 is 11.6 Å². The van der Waals surface area contributed by atoms with Crippen molar-refractivity contribution in [3.8, 4) is 5.75 Å². The van der Waals surface area contributed by atoms with E-state index in [-0.39, 0.29) is 0 Å². The Kier molecular flexibility index (Phi) is 5.01. The molecule has 0 saturated heterocycles. The Hall–Kier alpha value is -2.01. The number of aromatic nitrogens is 2. The monoisotopic (exact) mass is 275 g/mol. The molecule has 0 radical (unpaired) electrons. The van der Waals surface area contributed by atoms with Crippen LogP contribution in [0.3, 0.4) is 0 Å². The quantitative estimate of drug-likeness (QED) is 0.789. The molecule has 0 unspecified atom stereocenters. The number of para-hydroxylation sites is 2. The fourth-order valence-corrected chi connectivity index (χ4v) is 2.06. The van der Waals surface area contributed by atoms with Crippen molar-refractivity contribution < 1.29 is 9.47 Å². The third-order valence-electron chi connectivity index (χ3n) is 3.00. The van der Waals surface area contributed by atoms with E-state index in [0.29, 0.717) is 0 Å². The summed E-state index contributed by atoms with van der Waals surface area (Å²) >= 11 is 0. The lowest BCUT2D eigenvalue weighted by Crippen LogP contribution is -2.05. The van der Waals surface area contributed by atoms with E-state index in [1.165, 1.54) is 0 Å². The average Bonchev–Trinajstić information content (AvgIpc) is 2.80. The molecule has 0 saturated carbocycles. The lowest BCUT2D eigenvalue weighted by atomic mass is 10.3. The predicted molar refractivity (Wildman–Crippen MR) is 79.7 cm³/mol. The average molecular weight is 275 g/mol. The van der Waals surface area contributed by atoms with Gasteiger partial charge in [0, 0.05) is 26.5 Å². The maximum absolute atomic E-state index is 5.34. The fourth-order valence-electron chi connectivity index (χ4n) is 2.06. The van der Waals surface area contributed by atoms with Crippen LogP contribution in [-0.2, 0) is 11.3 Å². The molecule has 1 N–H and O–H groups in total. The number of hydrogen-bond donors (Lipinski definition) is 1. The van der Waals surface area contributed by atoms with E-state index in [9.17, 15) is 0 Å². The molecular weight excluding hydrogens is 254 g/mol. The molecule has 0 aliphatic rings. The van der Waals surface area contributed by atoms with Gasteiger partial charge in [-0.3, -0.25) is 0 Å². The molecule has 0 bridgehead atoms. The van der Waals surface area contributed by atoms with Gasteiger partial charge in [0.25, 0.3) is 0 Å². The van der Waals surface area contributed by atoms with Crippen LogP contribution in [0.4, 0.5) is 11.6 Å². The highest BCUT2D eigenvalue weighted by Gasteiger charge is 2.08. The maximum atomic E-state index is 5.34. The van der Waals surface area contributed by atoms with Crippen molar-refractivity contribution in [2.24, 2.45) is 0 Å². The molecule has 1 aromatic heterocycles. The SMILES string of the molecule is COCCCn1cc(C)nc1Nc1ccccc1OC. The minimum Gasteiger partial charge on any atom is -0.495 e. The van der Waals surface area contributed by atoms with Gasteiger partial charge in [-0.15, -0.1) is 0 Å². The zero-order chi connectivity index (χ0) is 14.4. The molecule has 108 valence electrons. The molecule has 5 nitrogen and oxygen atoms in total. The summed E-state index contributed by atoms with van der Waals surface area (Å²) in [5, 5.41) is 3.33. The first kappa shape index (κ1) is 14.4. The van der Waals surface area contributed by atoms with Crippen molar-refractivity contribution in [3.05, 3.63) is 36.2 Å². The van der Waals surface area contributed by atoms with Crippen LogP contribution in [0.1, 0.15) is 12.1 Å². The van der Waals surface area contributed by atoms with Crippen molar-refractivity contribution in [1.29, 1.82) is 0 Å². The highest BCUT2D eigenvalue weighted by Crippen LogP contribution is 2.26. The first-order valence-corrected chi connectivity index (χ1v) is 6.67. The zero-order valence-electron chi connectivity index (χ0n) is 12.2. The highest BCUT2D eigenvalue weighted by atomic mass is 16.5. The van der Waals surface area contributed by atoms with E-state index in [1.54, 1.807) is 14.2 Å². The topological polar surface area (TPSA) is 48.3 Å². The molecule has 0 fully saturated rings. The van der Waals surface area contributed by atoms with Gasteiger partial charge >= 0.3 is 0 Å². The number of rotatable bonds is 7. The van der Waals surface area contributed by atoms with Crippen LogP contribution in [0.25, 0.3) is 0 Å².